The first-order chi connectivity index (χ1) is 12.6. The molecule has 2 aliphatic rings. The quantitative estimate of drug-likeness (QED) is 0.861. The molecule has 0 unspecified atom stereocenters. The third-order valence-electron chi connectivity index (χ3n) is 5.02. The van der Waals surface area contributed by atoms with Gasteiger partial charge < -0.3 is 14.7 Å². The van der Waals surface area contributed by atoms with Crippen LogP contribution in [0.5, 0.6) is 0 Å². The van der Waals surface area contributed by atoms with Gasteiger partial charge in [0.05, 0.1) is 5.92 Å². The lowest BCUT2D eigenvalue weighted by Crippen LogP contribution is -2.40. The summed E-state index contributed by atoms with van der Waals surface area (Å²) in [6, 6.07) is 16.3. The van der Waals surface area contributed by atoms with E-state index in [4.69, 9.17) is 9.84 Å². The van der Waals surface area contributed by atoms with Crippen LogP contribution in [0.4, 0.5) is 4.79 Å². The zero-order valence-electron chi connectivity index (χ0n) is 14.2. The maximum absolute atomic E-state index is 12.4. The molecule has 5 heteroatoms. The standard InChI is InChI=1S/C21H19NO4/c23-20(24)14-6-5-11-22(12-14)21(25)26-13-19-17-9-3-1-7-15(17)16-8-2-4-10-18(16)19/h1-10,14,19H,11-13H2,(H,23,24)/t14-/m0/s1. The molecule has 0 radical (unpaired) electrons. The fourth-order valence-corrected chi connectivity index (χ4v) is 3.72. The molecule has 1 amide bonds. The second-order valence-electron chi connectivity index (χ2n) is 6.58. The first-order valence-corrected chi connectivity index (χ1v) is 8.64. The number of rotatable bonds is 3. The smallest absolute Gasteiger partial charge is 0.410 e. The van der Waals surface area contributed by atoms with Gasteiger partial charge in [-0.05, 0) is 22.3 Å². The molecule has 2 aromatic carbocycles. The molecule has 2 aromatic rings. The number of hydrogen-bond acceptors (Lipinski definition) is 3. The predicted molar refractivity (Wildman–Crippen MR) is 96.9 cm³/mol. The minimum absolute atomic E-state index is 0.00181. The summed E-state index contributed by atoms with van der Waals surface area (Å²) in [6.07, 6.45) is 2.85. The Kier molecular flexibility index (Phi) is 4.21. The fourth-order valence-electron chi connectivity index (χ4n) is 3.72. The zero-order valence-corrected chi connectivity index (χ0v) is 14.2. The van der Waals surface area contributed by atoms with Gasteiger partial charge in [0.1, 0.15) is 6.61 Å². The van der Waals surface area contributed by atoms with Gasteiger partial charge in [-0.2, -0.15) is 0 Å². The van der Waals surface area contributed by atoms with Crippen LogP contribution in [-0.2, 0) is 9.53 Å². The Balaban J connectivity index is 1.49. The number of hydrogen-bond donors (Lipinski definition) is 1. The Morgan fingerprint density at radius 2 is 1.65 bits per heavy atom. The molecule has 132 valence electrons. The number of amides is 1. The highest BCUT2D eigenvalue weighted by molar-refractivity contribution is 5.79. The molecule has 4 rings (SSSR count). The van der Waals surface area contributed by atoms with Gasteiger partial charge in [-0.3, -0.25) is 4.79 Å². The third kappa shape index (κ3) is 2.86. The van der Waals surface area contributed by atoms with Gasteiger partial charge in [-0.1, -0.05) is 60.7 Å². The molecule has 1 aliphatic heterocycles. The van der Waals surface area contributed by atoms with Crippen LogP contribution in [0.15, 0.2) is 60.7 Å². The van der Waals surface area contributed by atoms with Crippen LogP contribution < -0.4 is 0 Å². The average Bonchev–Trinajstić information content (AvgIpc) is 3.00. The molecule has 1 heterocycles. The van der Waals surface area contributed by atoms with Crippen LogP contribution in [0.25, 0.3) is 11.1 Å². The molecule has 1 aliphatic carbocycles. The van der Waals surface area contributed by atoms with Crippen molar-refractivity contribution < 1.29 is 19.4 Å². The van der Waals surface area contributed by atoms with Gasteiger partial charge in [0.25, 0.3) is 0 Å². The zero-order chi connectivity index (χ0) is 18.1. The van der Waals surface area contributed by atoms with Crippen LogP contribution in [0, 0.1) is 5.92 Å². The predicted octanol–water partition coefficient (Wildman–Crippen LogP) is 3.51. The summed E-state index contributed by atoms with van der Waals surface area (Å²) >= 11 is 0. The van der Waals surface area contributed by atoms with E-state index in [-0.39, 0.29) is 19.1 Å². The van der Waals surface area contributed by atoms with Crippen molar-refractivity contribution in [3.8, 4) is 11.1 Å². The number of carbonyl (C=O) groups excluding carboxylic acids is 1. The van der Waals surface area contributed by atoms with Crippen molar-refractivity contribution in [1.29, 1.82) is 0 Å². The molecule has 1 N–H and O–H groups in total. The van der Waals surface area contributed by atoms with E-state index in [9.17, 15) is 9.59 Å². The molecule has 0 saturated carbocycles. The molecule has 26 heavy (non-hydrogen) atoms. The van der Waals surface area contributed by atoms with Gasteiger partial charge in [-0.15, -0.1) is 0 Å². The number of carboxylic acid groups (broad SMARTS) is 1. The van der Waals surface area contributed by atoms with E-state index in [0.29, 0.717) is 6.54 Å². The Morgan fingerprint density at radius 3 is 2.27 bits per heavy atom. The minimum Gasteiger partial charge on any atom is -0.481 e. The number of ether oxygens (including phenoxy) is 1. The van der Waals surface area contributed by atoms with E-state index in [2.05, 4.69) is 24.3 Å². The molecule has 1 atom stereocenters. The number of carbonyl (C=O) groups is 2. The monoisotopic (exact) mass is 349 g/mol. The summed E-state index contributed by atoms with van der Waals surface area (Å²) in [5, 5.41) is 9.13. The third-order valence-corrected chi connectivity index (χ3v) is 5.02. The molecular weight excluding hydrogens is 330 g/mol. The van der Waals surface area contributed by atoms with Crippen LogP contribution >= 0.6 is 0 Å². The normalized spacial score (nSPS) is 18.3. The lowest BCUT2D eigenvalue weighted by Gasteiger charge is -2.27. The van der Waals surface area contributed by atoms with E-state index in [1.807, 2.05) is 24.3 Å². The van der Waals surface area contributed by atoms with Gasteiger partial charge in [0.15, 0.2) is 0 Å². The second kappa shape index (κ2) is 6.67. The number of nitrogens with zero attached hydrogens (tertiary/aromatic N) is 1. The highest BCUT2D eigenvalue weighted by Gasteiger charge is 2.30. The maximum Gasteiger partial charge on any atom is 0.410 e. The van der Waals surface area contributed by atoms with Crippen molar-refractivity contribution in [1.82, 2.24) is 4.90 Å². The molecule has 0 spiro atoms. The van der Waals surface area contributed by atoms with E-state index in [0.717, 1.165) is 11.1 Å². The van der Waals surface area contributed by atoms with E-state index in [1.54, 1.807) is 12.2 Å². The molecule has 5 nitrogen and oxygen atoms in total. The van der Waals surface area contributed by atoms with Crippen LogP contribution in [0.3, 0.4) is 0 Å². The molecule has 0 aromatic heterocycles. The van der Waals surface area contributed by atoms with E-state index in [1.165, 1.54) is 16.0 Å². The maximum atomic E-state index is 12.4. The highest BCUT2D eigenvalue weighted by atomic mass is 16.6. The van der Waals surface area contributed by atoms with E-state index >= 15 is 0 Å². The van der Waals surface area contributed by atoms with Crippen molar-refractivity contribution >= 4 is 12.1 Å². The molecular formula is C21H19NO4. The molecule has 0 bridgehead atoms. The summed E-state index contributed by atoms with van der Waals surface area (Å²) in [4.78, 5) is 25.0. The molecule has 0 saturated heterocycles. The topological polar surface area (TPSA) is 66.8 Å². The highest BCUT2D eigenvalue weighted by Crippen LogP contribution is 2.44. The van der Waals surface area contributed by atoms with Crippen molar-refractivity contribution in [2.75, 3.05) is 19.7 Å². The summed E-state index contributed by atoms with van der Waals surface area (Å²) < 4.78 is 5.57. The second-order valence-corrected chi connectivity index (χ2v) is 6.58. The van der Waals surface area contributed by atoms with Crippen molar-refractivity contribution in [3.05, 3.63) is 71.8 Å². The molecule has 0 fully saturated rings. The van der Waals surface area contributed by atoms with Gasteiger partial charge in [0, 0.05) is 19.0 Å². The lowest BCUT2D eigenvalue weighted by molar-refractivity contribution is -0.140. The van der Waals surface area contributed by atoms with Gasteiger partial charge in [-0.25, -0.2) is 4.79 Å². The Morgan fingerprint density at radius 1 is 1.04 bits per heavy atom. The van der Waals surface area contributed by atoms with Gasteiger partial charge >= 0.3 is 12.1 Å². The van der Waals surface area contributed by atoms with Crippen LogP contribution in [0.1, 0.15) is 17.0 Å². The lowest BCUT2D eigenvalue weighted by atomic mass is 9.98. The Hall–Kier alpha value is -3.08. The Labute approximate surface area is 151 Å². The van der Waals surface area contributed by atoms with Crippen molar-refractivity contribution in [2.45, 2.75) is 5.92 Å². The summed E-state index contributed by atoms with van der Waals surface area (Å²) in [6.45, 7) is 0.758. The number of carboxylic acids is 1. The van der Waals surface area contributed by atoms with Crippen LogP contribution in [0.2, 0.25) is 0 Å². The van der Waals surface area contributed by atoms with Crippen molar-refractivity contribution in [2.24, 2.45) is 5.92 Å². The minimum atomic E-state index is -0.933. The van der Waals surface area contributed by atoms with Gasteiger partial charge in [0.2, 0.25) is 0 Å². The summed E-state index contributed by atoms with van der Waals surface area (Å²) in [5.74, 6) is -1.61. The summed E-state index contributed by atoms with van der Waals surface area (Å²) in [5.41, 5.74) is 4.67. The first-order valence-electron chi connectivity index (χ1n) is 8.64. The Bertz CT molecular complexity index is 844. The number of fused-ring (bicyclic) bond motifs is 3. The summed E-state index contributed by atoms with van der Waals surface area (Å²) in [7, 11) is 0. The average molecular weight is 349 g/mol. The number of aliphatic carboxylic acids is 1. The van der Waals surface area contributed by atoms with E-state index < -0.39 is 18.0 Å². The SMILES string of the molecule is O=C(O)[C@H]1C=CCN(C(=O)OCC2c3ccccc3-c3ccccc32)C1. The largest absolute Gasteiger partial charge is 0.481 e. The van der Waals surface area contributed by atoms with Crippen molar-refractivity contribution in [3.63, 3.8) is 0 Å². The first kappa shape index (κ1) is 16.4. The fraction of sp³-hybridized carbons (Fsp3) is 0.238. The number of benzene rings is 2. The van der Waals surface area contributed by atoms with Crippen LogP contribution in [-0.4, -0.2) is 41.8 Å².